The van der Waals surface area contributed by atoms with E-state index in [0.29, 0.717) is 98.7 Å². The molecular weight excluding hydrogens is 536 g/mol. The second-order valence-corrected chi connectivity index (χ2v) is 9.58. The quantitative estimate of drug-likeness (QED) is 0.0826. The van der Waals surface area contributed by atoms with Gasteiger partial charge >= 0.3 is 11.9 Å². The minimum Gasteiger partial charge on any atom is -0.481 e. The predicted molar refractivity (Wildman–Crippen MR) is 155 cm³/mol. The maximum Gasteiger partial charge on any atom is 0.305 e. The van der Waals surface area contributed by atoms with Crippen LogP contribution in [0.3, 0.4) is 0 Å². The van der Waals surface area contributed by atoms with E-state index < -0.39 is 5.97 Å². The van der Waals surface area contributed by atoms with E-state index >= 15 is 0 Å². The molecule has 0 saturated carbocycles. The first kappa shape index (κ1) is 39.7. The van der Waals surface area contributed by atoms with Crippen LogP contribution < -0.4 is 0 Å². The summed E-state index contributed by atoms with van der Waals surface area (Å²) in [7, 11) is 0. The summed E-state index contributed by atoms with van der Waals surface area (Å²) in [4.78, 5) is 21.9. The lowest BCUT2D eigenvalue weighted by atomic mass is 10.1. The Morgan fingerprint density at radius 2 is 0.756 bits per heavy atom. The van der Waals surface area contributed by atoms with Gasteiger partial charge in [-0.3, -0.25) is 9.59 Å². The van der Waals surface area contributed by atoms with Crippen molar-refractivity contribution in [3.8, 4) is 0 Å². The predicted octanol–water partition coefficient (Wildman–Crippen LogP) is 4.43. The molecule has 0 aromatic carbocycles. The fraction of sp³-hybridized carbons (Fsp3) is 0.933. The Morgan fingerprint density at radius 3 is 1.17 bits per heavy atom. The number of rotatable bonds is 35. The van der Waals surface area contributed by atoms with E-state index in [1.807, 2.05) is 0 Å². The summed E-state index contributed by atoms with van der Waals surface area (Å²) in [5, 5.41) is 8.54. The Balaban J connectivity index is 3.09. The van der Waals surface area contributed by atoms with Crippen LogP contribution >= 0.6 is 0 Å². The molecule has 0 saturated heterocycles. The van der Waals surface area contributed by atoms with E-state index in [-0.39, 0.29) is 25.4 Å². The number of carbonyl (C=O) groups is 2. The molecule has 0 unspecified atom stereocenters. The van der Waals surface area contributed by atoms with Crippen LogP contribution in [-0.2, 0) is 47.5 Å². The highest BCUT2D eigenvalue weighted by Crippen LogP contribution is 2.08. The number of esters is 1. The fourth-order valence-electron chi connectivity index (χ4n) is 3.59. The van der Waals surface area contributed by atoms with Gasteiger partial charge < -0.3 is 43.0 Å². The third-order valence-electron chi connectivity index (χ3n) is 5.89. The number of hydrogen-bond donors (Lipinski definition) is 1. The first-order chi connectivity index (χ1) is 20.2. The van der Waals surface area contributed by atoms with Crippen molar-refractivity contribution in [1.29, 1.82) is 0 Å². The van der Waals surface area contributed by atoms with Gasteiger partial charge in [0, 0.05) is 19.4 Å². The highest BCUT2D eigenvalue weighted by molar-refractivity contribution is 5.69. The second-order valence-electron chi connectivity index (χ2n) is 9.58. The Bertz CT molecular complexity index is 549. The summed E-state index contributed by atoms with van der Waals surface area (Å²) in [5.41, 5.74) is 0. The van der Waals surface area contributed by atoms with Crippen LogP contribution in [0.25, 0.3) is 0 Å². The first-order valence-electron chi connectivity index (χ1n) is 15.6. The minimum atomic E-state index is -0.857. The Labute approximate surface area is 247 Å². The normalized spacial score (nSPS) is 11.2. The summed E-state index contributed by atoms with van der Waals surface area (Å²) >= 11 is 0. The van der Waals surface area contributed by atoms with Gasteiger partial charge in [-0.05, 0) is 19.3 Å². The van der Waals surface area contributed by atoms with Crippen LogP contribution in [0.5, 0.6) is 0 Å². The van der Waals surface area contributed by atoms with E-state index in [9.17, 15) is 9.59 Å². The molecule has 0 fully saturated rings. The van der Waals surface area contributed by atoms with Crippen LogP contribution in [0.15, 0.2) is 0 Å². The lowest BCUT2D eigenvalue weighted by molar-refractivity contribution is -0.146. The van der Waals surface area contributed by atoms with Gasteiger partial charge in [-0.15, -0.1) is 0 Å². The minimum absolute atomic E-state index is 0.0675. The molecule has 0 atom stereocenters. The van der Waals surface area contributed by atoms with Crippen molar-refractivity contribution in [2.75, 3.05) is 99.1 Å². The number of aliphatic carboxylic acids is 1. The van der Waals surface area contributed by atoms with Crippen molar-refractivity contribution in [3.63, 3.8) is 0 Å². The Morgan fingerprint density at radius 1 is 0.415 bits per heavy atom. The highest BCUT2D eigenvalue weighted by Gasteiger charge is 2.04. The van der Waals surface area contributed by atoms with Crippen molar-refractivity contribution < 1.29 is 52.6 Å². The summed E-state index contributed by atoms with van der Waals surface area (Å²) < 4.78 is 43.2. The molecular formula is C30H58O11. The van der Waals surface area contributed by atoms with Gasteiger partial charge in [0.05, 0.1) is 85.9 Å². The van der Waals surface area contributed by atoms with Crippen LogP contribution in [-0.4, -0.2) is 116 Å². The van der Waals surface area contributed by atoms with Gasteiger partial charge in [-0.1, -0.05) is 51.9 Å². The largest absolute Gasteiger partial charge is 0.481 e. The molecule has 1 N–H and O–H groups in total. The van der Waals surface area contributed by atoms with Crippen molar-refractivity contribution in [2.45, 2.75) is 84.0 Å². The van der Waals surface area contributed by atoms with E-state index in [2.05, 4.69) is 6.92 Å². The van der Waals surface area contributed by atoms with E-state index in [1.54, 1.807) is 0 Å². The summed E-state index contributed by atoms with van der Waals surface area (Å²) in [6.45, 7) is 9.65. The van der Waals surface area contributed by atoms with Crippen molar-refractivity contribution in [1.82, 2.24) is 0 Å². The second kappa shape index (κ2) is 34.9. The molecule has 0 radical (unpaired) electrons. The van der Waals surface area contributed by atoms with Crippen LogP contribution in [0, 0.1) is 0 Å². The molecule has 0 amide bonds. The third kappa shape index (κ3) is 36.6. The zero-order chi connectivity index (χ0) is 29.9. The van der Waals surface area contributed by atoms with Gasteiger partial charge in [-0.25, -0.2) is 0 Å². The lowest BCUT2D eigenvalue weighted by Crippen LogP contribution is -2.15. The molecule has 0 aliphatic rings. The van der Waals surface area contributed by atoms with Crippen molar-refractivity contribution >= 4 is 11.9 Å². The zero-order valence-corrected chi connectivity index (χ0v) is 25.6. The average Bonchev–Trinajstić information content (AvgIpc) is 2.96. The van der Waals surface area contributed by atoms with Gasteiger partial charge in [0.25, 0.3) is 0 Å². The topological polar surface area (TPSA) is 128 Å². The number of carboxylic acids is 1. The SMILES string of the molecule is CCCCCCCCCCOCCOCCOCCOCCOCCOCCOCCOC(=O)CCCCC(=O)O. The highest BCUT2D eigenvalue weighted by atomic mass is 16.6. The van der Waals surface area contributed by atoms with Gasteiger partial charge in [0.2, 0.25) is 0 Å². The standard InChI is InChI=1S/C30H58O11/c1-2-3-4-5-6-7-8-11-14-34-15-16-35-17-18-36-19-20-37-21-22-38-23-24-39-25-26-40-27-28-41-30(33)13-10-9-12-29(31)32/h2-28H2,1H3,(H,31,32). The van der Waals surface area contributed by atoms with Crippen LogP contribution in [0.4, 0.5) is 0 Å². The molecule has 0 heterocycles. The number of ether oxygens (including phenoxy) is 8. The number of carboxylic acid groups (broad SMARTS) is 1. The Hall–Kier alpha value is -1.34. The molecule has 11 heteroatoms. The molecule has 244 valence electrons. The third-order valence-corrected chi connectivity index (χ3v) is 5.89. The summed E-state index contributed by atoms with van der Waals surface area (Å²) in [5.74, 6) is -1.19. The lowest BCUT2D eigenvalue weighted by Gasteiger charge is -2.09. The average molecular weight is 595 g/mol. The van der Waals surface area contributed by atoms with Crippen molar-refractivity contribution in [2.24, 2.45) is 0 Å². The summed E-state index contributed by atoms with van der Waals surface area (Å²) in [6.07, 6.45) is 11.7. The molecule has 0 aliphatic carbocycles. The molecule has 0 spiro atoms. The molecule has 0 bridgehead atoms. The molecule has 0 aromatic heterocycles. The maximum absolute atomic E-state index is 11.5. The number of unbranched alkanes of at least 4 members (excludes halogenated alkanes) is 8. The van der Waals surface area contributed by atoms with Gasteiger partial charge in [0.15, 0.2) is 0 Å². The van der Waals surface area contributed by atoms with Gasteiger partial charge in [-0.2, -0.15) is 0 Å². The zero-order valence-electron chi connectivity index (χ0n) is 25.6. The van der Waals surface area contributed by atoms with Crippen LogP contribution in [0.2, 0.25) is 0 Å². The van der Waals surface area contributed by atoms with Gasteiger partial charge in [0.1, 0.15) is 6.61 Å². The van der Waals surface area contributed by atoms with Crippen LogP contribution in [0.1, 0.15) is 84.0 Å². The maximum atomic E-state index is 11.5. The van der Waals surface area contributed by atoms with E-state index in [0.717, 1.165) is 13.0 Å². The first-order valence-corrected chi connectivity index (χ1v) is 15.6. The number of carbonyl (C=O) groups excluding carboxylic acids is 1. The van der Waals surface area contributed by atoms with E-state index in [4.69, 9.17) is 43.0 Å². The molecule has 0 aliphatic heterocycles. The number of hydrogen-bond acceptors (Lipinski definition) is 10. The summed E-state index contributed by atoms with van der Waals surface area (Å²) in [6, 6.07) is 0. The molecule has 0 rings (SSSR count). The Kier molecular flexibility index (Phi) is 33.7. The monoisotopic (exact) mass is 594 g/mol. The van der Waals surface area contributed by atoms with E-state index in [1.165, 1.54) is 44.9 Å². The fourth-order valence-corrected chi connectivity index (χ4v) is 3.59. The smallest absolute Gasteiger partial charge is 0.305 e. The van der Waals surface area contributed by atoms with Crippen molar-refractivity contribution in [3.05, 3.63) is 0 Å². The molecule has 41 heavy (non-hydrogen) atoms. The molecule has 0 aromatic rings. The molecule has 11 nitrogen and oxygen atoms in total.